The van der Waals surface area contributed by atoms with Crippen molar-refractivity contribution in [3.05, 3.63) is 0 Å². The van der Waals surface area contributed by atoms with Gasteiger partial charge in [-0.1, -0.05) is 6.42 Å². The molecule has 1 N–H and O–H groups in total. The Morgan fingerprint density at radius 3 is 2.41 bits per heavy atom. The van der Waals surface area contributed by atoms with Crippen LogP contribution in [0.3, 0.4) is 0 Å². The van der Waals surface area contributed by atoms with Gasteiger partial charge in [-0.05, 0) is 51.0 Å². The first-order chi connectivity index (χ1) is 10.7. The summed E-state index contributed by atoms with van der Waals surface area (Å²) in [6.07, 6.45) is 7.94. The van der Waals surface area contributed by atoms with Crippen molar-refractivity contribution < 1.29 is 9.59 Å². The van der Waals surface area contributed by atoms with E-state index in [-0.39, 0.29) is 17.7 Å². The quantitative estimate of drug-likeness (QED) is 0.831. The molecule has 1 saturated carbocycles. The second-order valence-corrected chi connectivity index (χ2v) is 7.20. The summed E-state index contributed by atoms with van der Waals surface area (Å²) >= 11 is 0. The molecule has 0 aromatic heterocycles. The van der Waals surface area contributed by atoms with E-state index in [1.807, 2.05) is 4.90 Å². The normalized spacial score (nSPS) is 26.7. The molecule has 1 aliphatic carbocycles. The van der Waals surface area contributed by atoms with Crippen LogP contribution in [0.5, 0.6) is 0 Å². The van der Waals surface area contributed by atoms with Gasteiger partial charge in [0.1, 0.15) is 0 Å². The van der Waals surface area contributed by atoms with E-state index in [0.717, 1.165) is 64.8 Å². The third kappa shape index (κ3) is 4.00. The zero-order valence-corrected chi connectivity index (χ0v) is 13.6. The van der Waals surface area contributed by atoms with E-state index in [4.69, 9.17) is 0 Å². The highest BCUT2D eigenvalue weighted by atomic mass is 16.2. The van der Waals surface area contributed by atoms with Crippen LogP contribution in [0, 0.1) is 11.8 Å². The molecule has 2 saturated heterocycles. The summed E-state index contributed by atoms with van der Waals surface area (Å²) in [5.74, 6) is 1.31. The summed E-state index contributed by atoms with van der Waals surface area (Å²) in [5, 5.41) is 3.12. The van der Waals surface area contributed by atoms with Gasteiger partial charge in [0.25, 0.3) is 0 Å². The number of nitrogens with one attached hydrogen (secondary N) is 1. The summed E-state index contributed by atoms with van der Waals surface area (Å²) in [7, 11) is 0. The molecule has 5 heteroatoms. The summed E-state index contributed by atoms with van der Waals surface area (Å²) in [6, 6.07) is 0. The maximum atomic E-state index is 12.2. The smallest absolute Gasteiger partial charge is 0.236 e. The molecule has 3 aliphatic rings. The number of nitrogens with zero attached hydrogens (tertiary/aromatic N) is 2. The number of likely N-dealkylation sites (tertiary alicyclic amines) is 2. The van der Waals surface area contributed by atoms with Gasteiger partial charge in [0.2, 0.25) is 11.8 Å². The molecule has 0 aromatic carbocycles. The van der Waals surface area contributed by atoms with E-state index >= 15 is 0 Å². The van der Waals surface area contributed by atoms with Crippen molar-refractivity contribution >= 4 is 11.8 Å². The molecule has 2 aliphatic heterocycles. The SMILES string of the molecule is O=C(NCC1CCCN(CC(=O)N2CCCC2)C1)C1CCC1. The first-order valence-corrected chi connectivity index (χ1v) is 9.00. The van der Waals surface area contributed by atoms with Crippen molar-refractivity contribution in [2.24, 2.45) is 11.8 Å². The zero-order chi connectivity index (χ0) is 15.4. The molecule has 0 spiro atoms. The van der Waals surface area contributed by atoms with Gasteiger partial charge in [-0.15, -0.1) is 0 Å². The minimum Gasteiger partial charge on any atom is -0.356 e. The lowest BCUT2D eigenvalue weighted by atomic mass is 9.84. The van der Waals surface area contributed by atoms with Crippen molar-refractivity contribution in [2.75, 3.05) is 39.3 Å². The van der Waals surface area contributed by atoms with Crippen molar-refractivity contribution in [1.29, 1.82) is 0 Å². The summed E-state index contributed by atoms with van der Waals surface area (Å²) in [5.41, 5.74) is 0. The van der Waals surface area contributed by atoms with Crippen LogP contribution in [0.1, 0.15) is 44.9 Å². The number of amides is 2. The van der Waals surface area contributed by atoms with Gasteiger partial charge >= 0.3 is 0 Å². The van der Waals surface area contributed by atoms with E-state index in [1.165, 1.54) is 12.8 Å². The number of hydrogen-bond acceptors (Lipinski definition) is 3. The lowest BCUT2D eigenvalue weighted by Gasteiger charge is -2.34. The van der Waals surface area contributed by atoms with E-state index in [9.17, 15) is 9.59 Å². The Hall–Kier alpha value is -1.10. The topological polar surface area (TPSA) is 52.7 Å². The fourth-order valence-corrected chi connectivity index (χ4v) is 3.78. The Balaban J connectivity index is 1.38. The van der Waals surface area contributed by atoms with Crippen molar-refractivity contribution in [3.63, 3.8) is 0 Å². The van der Waals surface area contributed by atoms with Crippen molar-refractivity contribution in [2.45, 2.75) is 44.9 Å². The van der Waals surface area contributed by atoms with Crippen LogP contribution >= 0.6 is 0 Å². The number of hydrogen-bond donors (Lipinski definition) is 1. The summed E-state index contributed by atoms with van der Waals surface area (Å²) in [6.45, 7) is 5.19. The highest BCUT2D eigenvalue weighted by molar-refractivity contribution is 5.79. The molecule has 2 heterocycles. The molecule has 3 fully saturated rings. The molecule has 0 bridgehead atoms. The van der Waals surface area contributed by atoms with Crippen LogP contribution < -0.4 is 5.32 Å². The first-order valence-electron chi connectivity index (χ1n) is 9.00. The molecule has 124 valence electrons. The van der Waals surface area contributed by atoms with Crippen molar-refractivity contribution in [3.8, 4) is 0 Å². The van der Waals surface area contributed by atoms with E-state index in [0.29, 0.717) is 12.5 Å². The van der Waals surface area contributed by atoms with Crippen LogP contribution in [0.25, 0.3) is 0 Å². The third-order valence-electron chi connectivity index (χ3n) is 5.46. The van der Waals surface area contributed by atoms with Gasteiger partial charge in [-0.25, -0.2) is 0 Å². The van der Waals surface area contributed by atoms with Gasteiger partial charge < -0.3 is 10.2 Å². The molecule has 0 radical (unpaired) electrons. The third-order valence-corrected chi connectivity index (χ3v) is 5.46. The molecule has 2 amide bonds. The molecular formula is C17H29N3O2. The standard InChI is InChI=1S/C17H29N3O2/c21-16(20-9-1-2-10-20)13-19-8-4-5-14(12-19)11-18-17(22)15-6-3-7-15/h14-15H,1-13H2,(H,18,22). The van der Waals surface area contributed by atoms with Gasteiger partial charge in [-0.2, -0.15) is 0 Å². The maximum absolute atomic E-state index is 12.2. The van der Waals surface area contributed by atoms with E-state index in [2.05, 4.69) is 10.2 Å². The highest BCUT2D eigenvalue weighted by Gasteiger charge is 2.28. The van der Waals surface area contributed by atoms with Crippen LogP contribution in [0.15, 0.2) is 0 Å². The first kappa shape index (κ1) is 15.8. The summed E-state index contributed by atoms with van der Waals surface area (Å²) < 4.78 is 0. The van der Waals surface area contributed by atoms with Gasteiger partial charge in [0, 0.05) is 32.1 Å². The lowest BCUT2D eigenvalue weighted by molar-refractivity contribution is -0.132. The maximum Gasteiger partial charge on any atom is 0.236 e. The van der Waals surface area contributed by atoms with E-state index in [1.54, 1.807) is 0 Å². The zero-order valence-electron chi connectivity index (χ0n) is 13.6. The molecule has 1 unspecified atom stereocenters. The predicted molar refractivity (Wildman–Crippen MR) is 85.3 cm³/mol. The largest absolute Gasteiger partial charge is 0.356 e. The molecule has 22 heavy (non-hydrogen) atoms. The van der Waals surface area contributed by atoms with Gasteiger partial charge in [0.05, 0.1) is 6.54 Å². The minimum absolute atomic E-state index is 0.247. The second-order valence-electron chi connectivity index (χ2n) is 7.20. The highest BCUT2D eigenvalue weighted by Crippen LogP contribution is 2.26. The molecule has 1 atom stereocenters. The summed E-state index contributed by atoms with van der Waals surface area (Å²) in [4.78, 5) is 28.4. The van der Waals surface area contributed by atoms with Gasteiger partial charge in [-0.3, -0.25) is 14.5 Å². The number of piperidine rings is 1. The fraction of sp³-hybridized carbons (Fsp3) is 0.882. The second kappa shape index (κ2) is 7.44. The number of rotatable bonds is 5. The predicted octanol–water partition coefficient (Wildman–Crippen LogP) is 1.24. The monoisotopic (exact) mass is 307 g/mol. The molecular weight excluding hydrogens is 278 g/mol. The Kier molecular flexibility index (Phi) is 5.34. The molecule has 3 rings (SSSR count). The van der Waals surface area contributed by atoms with Crippen LogP contribution in [-0.2, 0) is 9.59 Å². The van der Waals surface area contributed by atoms with Crippen LogP contribution in [-0.4, -0.2) is 60.9 Å². The Morgan fingerprint density at radius 2 is 1.73 bits per heavy atom. The Bertz CT molecular complexity index is 403. The van der Waals surface area contributed by atoms with Crippen LogP contribution in [0.2, 0.25) is 0 Å². The Morgan fingerprint density at radius 1 is 0.955 bits per heavy atom. The number of carbonyl (C=O) groups excluding carboxylic acids is 2. The average molecular weight is 307 g/mol. The lowest BCUT2D eigenvalue weighted by Crippen LogP contribution is -2.46. The van der Waals surface area contributed by atoms with Gasteiger partial charge in [0.15, 0.2) is 0 Å². The number of carbonyl (C=O) groups is 2. The fourth-order valence-electron chi connectivity index (χ4n) is 3.78. The molecule has 5 nitrogen and oxygen atoms in total. The van der Waals surface area contributed by atoms with Crippen LogP contribution in [0.4, 0.5) is 0 Å². The Labute approximate surface area is 133 Å². The van der Waals surface area contributed by atoms with Crippen molar-refractivity contribution in [1.82, 2.24) is 15.1 Å². The van der Waals surface area contributed by atoms with E-state index < -0.39 is 0 Å². The molecule has 0 aromatic rings. The minimum atomic E-state index is 0.247. The average Bonchev–Trinajstić information content (AvgIpc) is 2.98.